The van der Waals surface area contributed by atoms with Gasteiger partial charge in [0.05, 0.1) is 0 Å². The molecule has 0 bridgehead atoms. The van der Waals surface area contributed by atoms with Crippen molar-refractivity contribution >= 4 is 17.8 Å². The average molecular weight is 230 g/mol. The highest BCUT2D eigenvalue weighted by Crippen LogP contribution is 2.15. The van der Waals surface area contributed by atoms with Crippen molar-refractivity contribution in [3.63, 3.8) is 0 Å². The third-order valence-corrected chi connectivity index (χ3v) is 3.69. The van der Waals surface area contributed by atoms with Crippen LogP contribution in [0.25, 0.3) is 0 Å². The molecule has 0 spiro atoms. The van der Waals surface area contributed by atoms with Gasteiger partial charge >= 0.3 is 6.03 Å². The number of nitrogens with one attached hydrogen (secondary N) is 1. The summed E-state index contributed by atoms with van der Waals surface area (Å²) >= 11 is 1.77. The number of nitrogens with zero attached hydrogens (tertiary/aromatic N) is 1. The number of likely N-dealkylation sites (tertiary alicyclic amines) is 1. The summed E-state index contributed by atoms with van der Waals surface area (Å²) in [6.45, 7) is 6.14. The van der Waals surface area contributed by atoms with Crippen LogP contribution in [0.4, 0.5) is 4.79 Å². The van der Waals surface area contributed by atoms with Gasteiger partial charge in [-0.15, -0.1) is 0 Å². The Morgan fingerprint density at radius 3 is 2.67 bits per heavy atom. The fourth-order valence-corrected chi connectivity index (χ4v) is 2.39. The normalized spacial score (nSPS) is 20.1. The molecule has 3 nitrogen and oxygen atoms in total. The van der Waals surface area contributed by atoms with Crippen LogP contribution in [0.1, 0.15) is 26.7 Å². The van der Waals surface area contributed by atoms with Gasteiger partial charge < -0.3 is 10.2 Å². The van der Waals surface area contributed by atoms with Crippen molar-refractivity contribution in [2.75, 3.05) is 25.1 Å². The van der Waals surface area contributed by atoms with Gasteiger partial charge in [0.2, 0.25) is 0 Å². The van der Waals surface area contributed by atoms with E-state index in [-0.39, 0.29) is 12.1 Å². The van der Waals surface area contributed by atoms with E-state index in [1.807, 2.05) is 4.90 Å². The highest BCUT2D eigenvalue weighted by Gasteiger charge is 2.20. The number of carbonyl (C=O) groups is 1. The predicted molar refractivity (Wildman–Crippen MR) is 66.3 cm³/mol. The first kappa shape index (κ1) is 12.7. The Morgan fingerprint density at radius 1 is 1.53 bits per heavy atom. The molecule has 1 unspecified atom stereocenters. The van der Waals surface area contributed by atoms with E-state index in [1.54, 1.807) is 11.8 Å². The molecule has 2 amide bonds. The van der Waals surface area contributed by atoms with Crippen molar-refractivity contribution in [2.45, 2.75) is 32.7 Å². The first-order valence-electron chi connectivity index (χ1n) is 5.68. The van der Waals surface area contributed by atoms with Crippen molar-refractivity contribution in [2.24, 2.45) is 5.92 Å². The molecule has 1 aliphatic rings. The lowest BCUT2D eigenvalue weighted by atomic mass is 10.00. The van der Waals surface area contributed by atoms with Crippen LogP contribution < -0.4 is 5.32 Å². The zero-order chi connectivity index (χ0) is 11.3. The van der Waals surface area contributed by atoms with Crippen LogP contribution in [0.3, 0.4) is 0 Å². The SMILES string of the molecule is CSCC(C)NC(=O)N1CCC(C)CC1. The molecule has 1 rings (SSSR count). The smallest absolute Gasteiger partial charge is 0.317 e. The third kappa shape index (κ3) is 4.33. The maximum Gasteiger partial charge on any atom is 0.317 e. The minimum atomic E-state index is 0.114. The topological polar surface area (TPSA) is 32.3 Å². The highest BCUT2D eigenvalue weighted by atomic mass is 32.2. The quantitative estimate of drug-likeness (QED) is 0.806. The monoisotopic (exact) mass is 230 g/mol. The highest BCUT2D eigenvalue weighted by molar-refractivity contribution is 7.98. The zero-order valence-corrected chi connectivity index (χ0v) is 10.8. The molecule has 1 N–H and O–H groups in total. The molecule has 0 radical (unpaired) electrons. The van der Waals surface area contributed by atoms with Crippen LogP contribution >= 0.6 is 11.8 Å². The lowest BCUT2D eigenvalue weighted by Gasteiger charge is -2.31. The van der Waals surface area contributed by atoms with Gasteiger partial charge in [-0.25, -0.2) is 4.79 Å². The molecule has 1 aliphatic heterocycles. The van der Waals surface area contributed by atoms with Crippen molar-refractivity contribution in [1.82, 2.24) is 10.2 Å². The van der Waals surface area contributed by atoms with E-state index in [2.05, 4.69) is 25.4 Å². The summed E-state index contributed by atoms with van der Waals surface area (Å²) in [5, 5.41) is 3.03. The van der Waals surface area contributed by atoms with Gasteiger partial charge in [-0.3, -0.25) is 0 Å². The first-order chi connectivity index (χ1) is 7.13. The van der Waals surface area contributed by atoms with E-state index in [1.165, 1.54) is 0 Å². The molecule has 1 atom stereocenters. The summed E-state index contributed by atoms with van der Waals surface area (Å²) in [5.41, 5.74) is 0. The van der Waals surface area contributed by atoms with Crippen LogP contribution in [0.2, 0.25) is 0 Å². The van der Waals surface area contributed by atoms with E-state index in [0.717, 1.165) is 37.6 Å². The summed E-state index contributed by atoms with van der Waals surface area (Å²) in [7, 11) is 0. The van der Waals surface area contributed by atoms with Crippen LogP contribution in [0.15, 0.2) is 0 Å². The summed E-state index contributed by atoms with van der Waals surface area (Å²) < 4.78 is 0. The number of rotatable bonds is 3. The molecule has 1 saturated heterocycles. The number of piperidine rings is 1. The molecular formula is C11H22N2OS. The minimum Gasteiger partial charge on any atom is -0.335 e. The Labute approximate surface area is 97.0 Å². The van der Waals surface area contributed by atoms with Gasteiger partial charge in [-0.2, -0.15) is 11.8 Å². The van der Waals surface area contributed by atoms with Crippen molar-refractivity contribution < 1.29 is 4.79 Å². The lowest BCUT2D eigenvalue weighted by molar-refractivity contribution is 0.172. The summed E-state index contributed by atoms with van der Waals surface area (Å²) in [5.74, 6) is 1.76. The Hall–Kier alpha value is -0.380. The number of thioether (sulfide) groups is 1. The molecule has 0 saturated carbocycles. The summed E-state index contributed by atoms with van der Waals surface area (Å²) in [6, 6.07) is 0.385. The maximum atomic E-state index is 11.8. The van der Waals surface area contributed by atoms with E-state index >= 15 is 0 Å². The molecule has 0 aliphatic carbocycles. The minimum absolute atomic E-state index is 0.114. The van der Waals surface area contributed by atoms with Gasteiger partial charge in [0.1, 0.15) is 0 Å². The predicted octanol–water partition coefficient (Wildman–Crippen LogP) is 2.18. The van der Waals surface area contributed by atoms with Crippen LogP contribution in [-0.4, -0.2) is 42.1 Å². The zero-order valence-electron chi connectivity index (χ0n) is 9.95. The second kappa shape index (κ2) is 6.26. The van der Waals surface area contributed by atoms with E-state index in [9.17, 15) is 4.79 Å². The molecule has 15 heavy (non-hydrogen) atoms. The van der Waals surface area contributed by atoms with E-state index < -0.39 is 0 Å². The molecule has 0 aromatic carbocycles. The lowest BCUT2D eigenvalue weighted by Crippen LogP contribution is -2.47. The largest absolute Gasteiger partial charge is 0.335 e. The Bertz CT molecular complexity index is 203. The molecule has 4 heteroatoms. The van der Waals surface area contributed by atoms with E-state index in [4.69, 9.17) is 0 Å². The number of urea groups is 1. The maximum absolute atomic E-state index is 11.8. The van der Waals surface area contributed by atoms with Crippen molar-refractivity contribution in [1.29, 1.82) is 0 Å². The average Bonchev–Trinajstić information content (AvgIpc) is 2.18. The number of hydrogen-bond donors (Lipinski definition) is 1. The fourth-order valence-electron chi connectivity index (χ4n) is 1.81. The molecular weight excluding hydrogens is 208 g/mol. The Kier molecular flexibility index (Phi) is 5.29. The van der Waals surface area contributed by atoms with Gasteiger partial charge in [0, 0.05) is 24.9 Å². The molecule has 0 aromatic rings. The summed E-state index contributed by atoms with van der Waals surface area (Å²) in [6.07, 6.45) is 4.35. The van der Waals surface area contributed by atoms with Gasteiger partial charge in [0.25, 0.3) is 0 Å². The van der Waals surface area contributed by atoms with Gasteiger partial charge in [0.15, 0.2) is 0 Å². The van der Waals surface area contributed by atoms with Gasteiger partial charge in [-0.05, 0) is 31.9 Å². The van der Waals surface area contributed by atoms with Crippen molar-refractivity contribution in [3.8, 4) is 0 Å². The Balaban J connectivity index is 2.27. The van der Waals surface area contributed by atoms with Gasteiger partial charge in [-0.1, -0.05) is 6.92 Å². The second-order valence-electron chi connectivity index (χ2n) is 4.48. The molecule has 0 aromatic heterocycles. The molecule has 1 fully saturated rings. The number of carbonyl (C=O) groups excluding carboxylic acids is 1. The van der Waals surface area contributed by atoms with Crippen LogP contribution in [0.5, 0.6) is 0 Å². The number of amides is 2. The van der Waals surface area contributed by atoms with Crippen LogP contribution in [0, 0.1) is 5.92 Å². The molecule has 88 valence electrons. The second-order valence-corrected chi connectivity index (χ2v) is 5.39. The van der Waals surface area contributed by atoms with E-state index in [0.29, 0.717) is 0 Å². The fraction of sp³-hybridized carbons (Fsp3) is 0.909. The number of hydrogen-bond acceptors (Lipinski definition) is 2. The standard InChI is InChI=1S/C11H22N2OS/c1-9-4-6-13(7-5-9)11(14)12-10(2)8-15-3/h9-10H,4-8H2,1-3H3,(H,12,14). The third-order valence-electron chi connectivity index (χ3n) is 2.86. The molecule has 1 heterocycles. The van der Waals surface area contributed by atoms with Crippen molar-refractivity contribution in [3.05, 3.63) is 0 Å². The Morgan fingerprint density at radius 2 is 2.13 bits per heavy atom. The summed E-state index contributed by atoms with van der Waals surface area (Å²) in [4.78, 5) is 13.7. The first-order valence-corrected chi connectivity index (χ1v) is 7.07. The van der Waals surface area contributed by atoms with Crippen LogP contribution in [-0.2, 0) is 0 Å².